The van der Waals surface area contributed by atoms with Crippen LogP contribution < -0.4 is 5.32 Å². The summed E-state index contributed by atoms with van der Waals surface area (Å²) in [4.78, 5) is 11.0. The maximum absolute atomic E-state index is 5.73. The summed E-state index contributed by atoms with van der Waals surface area (Å²) in [6.07, 6.45) is 9.18. The number of nitrogens with one attached hydrogen (secondary N) is 1. The molecule has 6 nitrogen and oxygen atoms in total. The smallest absolute Gasteiger partial charge is 0.170 e. The van der Waals surface area contributed by atoms with E-state index in [2.05, 4.69) is 30.8 Å². The SMILES string of the molecule is S=C1N[C@H](c2ccccn2)[C@@H](c2cccn2-c2cccnc2)N1Cc1ccco1. The number of furan rings is 1. The van der Waals surface area contributed by atoms with Crippen molar-refractivity contribution < 1.29 is 4.42 Å². The van der Waals surface area contributed by atoms with E-state index in [1.54, 1.807) is 12.5 Å². The molecular formula is C22H19N5OS. The van der Waals surface area contributed by atoms with Crippen LogP contribution in [0.1, 0.15) is 29.2 Å². The van der Waals surface area contributed by atoms with Gasteiger partial charge in [0.25, 0.3) is 0 Å². The van der Waals surface area contributed by atoms with Crippen LogP contribution in [-0.2, 0) is 6.54 Å². The van der Waals surface area contributed by atoms with Crippen LogP contribution in [0.4, 0.5) is 0 Å². The van der Waals surface area contributed by atoms with Crippen LogP contribution in [0.3, 0.4) is 0 Å². The summed E-state index contributed by atoms with van der Waals surface area (Å²) < 4.78 is 7.75. The standard InChI is InChI=1S/C22H19N5OS/c29-22-25-20(18-8-1-2-11-24-18)21(27(22)15-17-7-5-13-28-17)19-9-4-12-26(19)16-6-3-10-23-14-16/h1-14,20-21H,15H2,(H,25,29)/t20-,21-/m1/s1. The molecule has 1 fully saturated rings. The van der Waals surface area contributed by atoms with Crippen LogP contribution in [0.15, 0.2) is 90.1 Å². The van der Waals surface area contributed by atoms with Crippen molar-refractivity contribution >= 4 is 17.3 Å². The summed E-state index contributed by atoms with van der Waals surface area (Å²) in [5.41, 5.74) is 3.05. The number of hydrogen-bond donors (Lipinski definition) is 1. The largest absolute Gasteiger partial charge is 0.467 e. The molecule has 7 heteroatoms. The summed E-state index contributed by atoms with van der Waals surface area (Å²) >= 11 is 5.73. The van der Waals surface area contributed by atoms with E-state index in [-0.39, 0.29) is 12.1 Å². The summed E-state index contributed by atoms with van der Waals surface area (Å²) in [5.74, 6) is 0.861. The highest BCUT2D eigenvalue weighted by molar-refractivity contribution is 7.80. The zero-order chi connectivity index (χ0) is 19.6. The monoisotopic (exact) mass is 401 g/mol. The predicted molar refractivity (Wildman–Crippen MR) is 113 cm³/mol. The van der Waals surface area contributed by atoms with Crippen LogP contribution in [0.25, 0.3) is 5.69 Å². The maximum atomic E-state index is 5.73. The second-order valence-corrected chi connectivity index (χ2v) is 7.23. The molecule has 0 unspecified atom stereocenters. The molecule has 1 saturated heterocycles. The first kappa shape index (κ1) is 17.6. The molecule has 5 heterocycles. The summed E-state index contributed by atoms with van der Waals surface area (Å²) in [7, 11) is 0. The molecule has 0 amide bonds. The van der Waals surface area contributed by atoms with E-state index < -0.39 is 0 Å². The van der Waals surface area contributed by atoms with Crippen LogP contribution in [-0.4, -0.2) is 24.5 Å². The van der Waals surface area contributed by atoms with Gasteiger partial charge in [0, 0.05) is 24.3 Å². The molecular weight excluding hydrogens is 382 g/mol. The Kier molecular flexibility index (Phi) is 4.57. The molecule has 0 saturated carbocycles. The van der Waals surface area contributed by atoms with Crippen molar-refractivity contribution in [2.24, 2.45) is 0 Å². The normalized spacial score (nSPS) is 18.8. The van der Waals surface area contributed by atoms with E-state index in [0.29, 0.717) is 11.7 Å². The van der Waals surface area contributed by atoms with Gasteiger partial charge in [0.05, 0.1) is 42.5 Å². The quantitative estimate of drug-likeness (QED) is 0.510. The predicted octanol–water partition coefficient (Wildman–Crippen LogP) is 4.03. The molecule has 5 rings (SSSR count). The minimum atomic E-state index is -0.0796. The second kappa shape index (κ2) is 7.52. The minimum Gasteiger partial charge on any atom is -0.467 e. The van der Waals surface area contributed by atoms with Gasteiger partial charge in [-0.05, 0) is 60.7 Å². The first-order valence-corrected chi connectivity index (χ1v) is 9.80. The lowest BCUT2D eigenvalue weighted by Gasteiger charge is -2.28. The highest BCUT2D eigenvalue weighted by atomic mass is 32.1. The van der Waals surface area contributed by atoms with E-state index in [4.69, 9.17) is 16.6 Å². The van der Waals surface area contributed by atoms with Crippen molar-refractivity contribution in [2.45, 2.75) is 18.6 Å². The Labute approximate surface area is 173 Å². The van der Waals surface area contributed by atoms with Gasteiger partial charge in [-0.25, -0.2) is 0 Å². The van der Waals surface area contributed by atoms with Gasteiger partial charge in [0.1, 0.15) is 5.76 Å². The third kappa shape index (κ3) is 3.30. The number of hydrogen-bond acceptors (Lipinski definition) is 4. The number of rotatable bonds is 5. The molecule has 2 atom stereocenters. The van der Waals surface area contributed by atoms with Crippen molar-refractivity contribution in [3.63, 3.8) is 0 Å². The van der Waals surface area contributed by atoms with Crippen LogP contribution in [0.5, 0.6) is 0 Å². The lowest BCUT2D eigenvalue weighted by atomic mass is 10.0. The minimum absolute atomic E-state index is 0.0577. The molecule has 4 aromatic heterocycles. The number of thiocarbonyl (C=S) groups is 1. The van der Waals surface area contributed by atoms with Gasteiger partial charge < -0.3 is 19.2 Å². The van der Waals surface area contributed by atoms with Crippen molar-refractivity contribution in [1.29, 1.82) is 0 Å². The van der Waals surface area contributed by atoms with Crippen LogP contribution in [0.2, 0.25) is 0 Å². The highest BCUT2D eigenvalue weighted by Crippen LogP contribution is 2.40. The highest BCUT2D eigenvalue weighted by Gasteiger charge is 2.41. The number of nitrogens with zero attached hydrogens (tertiary/aromatic N) is 4. The Balaban J connectivity index is 1.61. The molecule has 1 aliphatic rings. The van der Waals surface area contributed by atoms with E-state index in [1.807, 2.05) is 67.1 Å². The van der Waals surface area contributed by atoms with Gasteiger partial charge in [-0.2, -0.15) is 0 Å². The zero-order valence-electron chi connectivity index (χ0n) is 15.6. The first-order chi connectivity index (χ1) is 14.3. The van der Waals surface area contributed by atoms with Gasteiger partial charge in [0.2, 0.25) is 0 Å². The van der Waals surface area contributed by atoms with E-state index in [9.17, 15) is 0 Å². The van der Waals surface area contributed by atoms with Crippen LogP contribution in [0, 0.1) is 0 Å². The fraction of sp³-hybridized carbons (Fsp3) is 0.136. The molecule has 0 aliphatic carbocycles. The van der Waals surface area contributed by atoms with Gasteiger partial charge in [-0.15, -0.1) is 0 Å². The third-order valence-electron chi connectivity index (χ3n) is 5.11. The Hall–Kier alpha value is -3.45. The third-order valence-corrected chi connectivity index (χ3v) is 5.46. The lowest BCUT2D eigenvalue weighted by Crippen LogP contribution is -2.29. The zero-order valence-corrected chi connectivity index (χ0v) is 16.4. The topological polar surface area (TPSA) is 59.1 Å². The van der Waals surface area contributed by atoms with E-state index in [1.165, 1.54) is 0 Å². The maximum Gasteiger partial charge on any atom is 0.170 e. The van der Waals surface area contributed by atoms with Crippen molar-refractivity contribution in [3.05, 3.63) is 103 Å². The summed E-state index contributed by atoms with van der Waals surface area (Å²) in [6, 6.07) is 17.8. The first-order valence-electron chi connectivity index (χ1n) is 9.39. The summed E-state index contributed by atoms with van der Waals surface area (Å²) in [5, 5.41) is 4.16. The summed E-state index contributed by atoms with van der Waals surface area (Å²) in [6.45, 7) is 0.574. The van der Waals surface area contributed by atoms with Crippen molar-refractivity contribution in [3.8, 4) is 5.69 Å². The lowest BCUT2D eigenvalue weighted by molar-refractivity contribution is 0.280. The Morgan fingerprint density at radius 1 is 1.03 bits per heavy atom. The average Bonchev–Trinajstić information content (AvgIpc) is 3.51. The van der Waals surface area contributed by atoms with Crippen molar-refractivity contribution in [2.75, 3.05) is 0 Å². The molecule has 0 spiro atoms. The van der Waals surface area contributed by atoms with Gasteiger partial charge >= 0.3 is 0 Å². The molecule has 4 aromatic rings. The molecule has 0 aromatic carbocycles. The van der Waals surface area contributed by atoms with Crippen LogP contribution >= 0.6 is 12.2 Å². The molecule has 1 aliphatic heterocycles. The van der Waals surface area contributed by atoms with Gasteiger partial charge in [-0.1, -0.05) is 6.07 Å². The molecule has 1 N–H and O–H groups in total. The molecule has 144 valence electrons. The molecule has 0 bridgehead atoms. The Bertz CT molecular complexity index is 1090. The molecule has 29 heavy (non-hydrogen) atoms. The van der Waals surface area contributed by atoms with E-state index >= 15 is 0 Å². The van der Waals surface area contributed by atoms with E-state index in [0.717, 1.165) is 22.8 Å². The number of aromatic nitrogens is 3. The second-order valence-electron chi connectivity index (χ2n) is 6.85. The number of pyridine rings is 2. The van der Waals surface area contributed by atoms with Crippen molar-refractivity contribution in [1.82, 2.24) is 24.8 Å². The Morgan fingerprint density at radius 2 is 2.00 bits per heavy atom. The fourth-order valence-electron chi connectivity index (χ4n) is 3.83. The Morgan fingerprint density at radius 3 is 2.76 bits per heavy atom. The molecule has 0 radical (unpaired) electrons. The van der Waals surface area contributed by atoms with Gasteiger partial charge in [0.15, 0.2) is 5.11 Å². The van der Waals surface area contributed by atoms with Gasteiger partial charge in [-0.3, -0.25) is 9.97 Å². The average molecular weight is 401 g/mol. The fourth-order valence-corrected chi connectivity index (χ4v) is 4.14.